The molecule has 140 valence electrons. The molecule has 3 aromatic heterocycles. The van der Waals surface area contributed by atoms with Crippen LogP contribution < -0.4 is 11.2 Å². The second kappa shape index (κ2) is 6.65. The molecule has 0 spiro atoms. The summed E-state index contributed by atoms with van der Waals surface area (Å²) in [4.78, 5) is 32.6. The van der Waals surface area contributed by atoms with Gasteiger partial charge in [-0.2, -0.15) is 0 Å². The van der Waals surface area contributed by atoms with Gasteiger partial charge < -0.3 is 4.42 Å². The summed E-state index contributed by atoms with van der Waals surface area (Å²) in [7, 11) is 0. The lowest BCUT2D eigenvalue weighted by atomic mass is 10.0. The highest BCUT2D eigenvalue weighted by Gasteiger charge is 2.17. The predicted octanol–water partition coefficient (Wildman–Crippen LogP) is 4.22. The molecule has 0 atom stereocenters. The van der Waals surface area contributed by atoms with Crippen LogP contribution in [0.1, 0.15) is 0 Å². The standard InChI is InChI=1S/C22H13N3O3S/c26-20-18-15(16-12-13-6-4-5-9-17(13)28-21(16)27)10-11-23-19(18)25(22(29)24-20)14-7-2-1-3-8-14/h1-12H,(H,24,26,29). The highest BCUT2D eigenvalue weighted by atomic mass is 32.1. The fourth-order valence-corrected chi connectivity index (χ4v) is 3.73. The van der Waals surface area contributed by atoms with Gasteiger partial charge in [0, 0.05) is 22.8 Å². The van der Waals surface area contributed by atoms with E-state index in [9.17, 15) is 9.59 Å². The Hall–Kier alpha value is -3.84. The van der Waals surface area contributed by atoms with Crippen molar-refractivity contribution in [2.24, 2.45) is 0 Å². The molecule has 7 heteroatoms. The number of fused-ring (bicyclic) bond motifs is 2. The predicted molar refractivity (Wildman–Crippen MR) is 114 cm³/mol. The topological polar surface area (TPSA) is 80.9 Å². The van der Waals surface area contributed by atoms with Crippen molar-refractivity contribution < 1.29 is 4.42 Å². The molecule has 0 unspecified atom stereocenters. The Morgan fingerprint density at radius 3 is 2.52 bits per heavy atom. The third-order valence-electron chi connectivity index (χ3n) is 4.74. The first-order chi connectivity index (χ1) is 14.1. The molecule has 5 aromatic rings. The molecule has 0 aliphatic rings. The molecule has 0 amide bonds. The Balaban J connectivity index is 1.91. The molecule has 0 aliphatic carbocycles. The molecule has 0 fully saturated rings. The van der Waals surface area contributed by atoms with Gasteiger partial charge in [0.2, 0.25) is 0 Å². The summed E-state index contributed by atoms with van der Waals surface area (Å²) < 4.78 is 7.36. The molecular weight excluding hydrogens is 386 g/mol. The molecule has 5 rings (SSSR count). The highest BCUT2D eigenvalue weighted by molar-refractivity contribution is 7.71. The van der Waals surface area contributed by atoms with Gasteiger partial charge in [0.05, 0.1) is 10.9 Å². The van der Waals surface area contributed by atoms with Crippen LogP contribution >= 0.6 is 12.2 Å². The lowest BCUT2D eigenvalue weighted by molar-refractivity contribution is 0.563. The van der Waals surface area contributed by atoms with Gasteiger partial charge in [0.15, 0.2) is 10.4 Å². The monoisotopic (exact) mass is 399 g/mol. The van der Waals surface area contributed by atoms with E-state index in [0.717, 1.165) is 11.1 Å². The molecule has 0 saturated heterocycles. The van der Waals surface area contributed by atoms with Crippen molar-refractivity contribution >= 4 is 34.2 Å². The minimum atomic E-state index is -0.524. The van der Waals surface area contributed by atoms with Crippen LogP contribution in [-0.4, -0.2) is 14.5 Å². The molecule has 1 N–H and O–H groups in total. The zero-order chi connectivity index (χ0) is 20.0. The summed E-state index contributed by atoms with van der Waals surface area (Å²) in [5.74, 6) is 0. The second-order valence-corrected chi connectivity index (χ2v) is 6.86. The van der Waals surface area contributed by atoms with E-state index in [1.807, 2.05) is 42.5 Å². The number of hydrogen-bond acceptors (Lipinski definition) is 5. The number of nitrogens with one attached hydrogen (secondary N) is 1. The summed E-state index contributed by atoms with van der Waals surface area (Å²) in [6.45, 7) is 0. The minimum Gasteiger partial charge on any atom is -0.422 e. The lowest BCUT2D eigenvalue weighted by Gasteiger charge is -2.12. The van der Waals surface area contributed by atoms with Crippen molar-refractivity contribution in [1.82, 2.24) is 14.5 Å². The fourth-order valence-electron chi connectivity index (χ4n) is 3.45. The van der Waals surface area contributed by atoms with Crippen LogP contribution in [0, 0.1) is 4.77 Å². The third kappa shape index (κ3) is 2.79. The molecule has 3 heterocycles. The van der Waals surface area contributed by atoms with Gasteiger partial charge in [-0.15, -0.1) is 0 Å². The second-order valence-electron chi connectivity index (χ2n) is 6.47. The Bertz CT molecular complexity index is 1570. The maximum absolute atomic E-state index is 12.8. The average Bonchev–Trinajstić information content (AvgIpc) is 2.73. The van der Waals surface area contributed by atoms with Gasteiger partial charge in [0.25, 0.3) is 5.56 Å². The van der Waals surface area contributed by atoms with Gasteiger partial charge in [-0.3, -0.25) is 14.3 Å². The van der Waals surface area contributed by atoms with Crippen molar-refractivity contribution in [3.8, 4) is 16.8 Å². The number of aromatic amines is 1. The summed E-state index contributed by atoms with van der Waals surface area (Å²) in [5, 5.41) is 1.03. The Kier molecular flexibility index (Phi) is 3.96. The maximum atomic E-state index is 12.8. The van der Waals surface area contributed by atoms with E-state index in [-0.39, 0.29) is 10.2 Å². The van der Waals surface area contributed by atoms with Crippen LogP contribution in [0.5, 0.6) is 0 Å². The number of benzene rings is 2. The Morgan fingerprint density at radius 2 is 1.69 bits per heavy atom. The number of rotatable bonds is 2. The van der Waals surface area contributed by atoms with Crippen LogP contribution in [0.2, 0.25) is 0 Å². The van der Waals surface area contributed by atoms with Gasteiger partial charge >= 0.3 is 5.63 Å². The fraction of sp³-hybridized carbons (Fsp3) is 0. The molecule has 0 aliphatic heterocycles. The van der Waals surface area contributed by atoms with Gasteiger partial charge in [-0.1, -0.05) is 36.4 Å². The zero-order valence-corrected chi connectivity index (χ0v) is 15.8. The van der Waals surface area contributed by atoms with Crippen molar-refractivity contribution in [3.05, 3.63) is 98.5 Å². The SMILES string of the molecule is O=c1oc2ccccc2cc1-c1ccnc2c1c(=O)[nH]c(=S)n2-c1ccccc1. The van der Waals surface area contributed by atoms with E-state index < -0.39 is 11.2 Å². The van der Waals surface area contributed by atoms with E-state index in [0.29, 0.717) is 22.4 Å². The first-order valence-electron chi connectivity index (χ1n) is 8.86. The van der Waals surface area contributed by atoms with E-state index in [4.69, 9.17) is 16.6 Å². The van der Waals surface area contributed by atoms with Crippen LogP contribution in [-0.2, 0) is 0 Å². The Morgan fingerprint density at radius 1 is 0.931 bits per heavy atom. The van der Waals surface area contributed by atoms with Gasteiger partial charge in [-0.05, 0) is 42.5 Å². The summed E-state index contributed by atoms with van der Waals surface area (Å²) >= 11 is 5.39. The number of pyridine rings is 1. The van der Waals surface area contributed by atoms with Crippen LogP contribution in [0.15, 0.2) is 86.9 Å². The smallest absolute Gasteiger partial charge is 0.344 e. The average molecular weight is 399 g/mol. The van der Waals surface area contributed by atoms with E-state index in [1.165, 1.54) is 0 Å². The zero-order valence-electron chi connectivity index (χ0n) is 15.0. The number of H-pyrrole nitrogens is 1. The van der Waals surface area contributed by atoms with E-state index >= 15 is 0 Å². The van der Waals surface area contributed by atoms with Crippen LogP contribution in [0.3, 0.4) is 0 Å². The molecule has 2 aromatic carbocycles. The first-order valence-corrected chi connectivity index (χ1v) is 9.27. The van der Waals surface area contributed by atoms with Crippen LogP contribution in [0.4, 0.5) is 0 Å². The molecule has 29 heavy (non-hydrogen) atoms. The van der Waals surface area contributed by atoms with Crippen molar-refractivity contribution in [2.45, 2.75) is 0 Å². The van der Waals surface area contributed by atoms with Crippen LogP contribution in [0.25, 0.3) is 38.8 Å². The van der Waals surface area contributed by atoms with E-state index in [2.05, 4.69) is 9.97 Å². The summed E-state index contributed by atoms with van der Waals surface area (Å²) in [6.07, 6.45) is 1.56. The quantitative estimate of drug-likeness (QED) is 0.355. The lowest BCUT2D eigenvalue weighted by Crippen LogP contribution is -2.16. The molecule has 6 nitrogen and oxygen atoms in total. The Labute approximate surface area is 168 Å². The molecule has 0 bridgehead atoms. The molecule has 0 radical (unpaired) electrons. The number of aromatic nitrogens is 3. The minimum absolute atomic E-state index is 0.226. The summed E-state index contributed by atoms with van der Waals surface area (Å²) in [6, 6.07) is 20.0. The number of nitrogens with zero attached hydrogens (tertiary/aromatic N) is 2. The first kappa shape index (κ1) is 17.3. The molecular formula is C22H13N3O3S. The number of para-hydroxylation sites is 2. The number of hydrogen-bond donors (Lipinski definition) is 1. The largest absolute Gasteiger partial charge is 0.422 e. The molecule has 0 saturated carbocycles. The normalized spacial score (nSPS) is 11.2. The van der Waals surface area contributed by atoms with E-state index in [1.54, 1.807) is 35.0 Å². The summed E-state index contributed by atoms with van der Waals surface area (Å²) in [5.41, 5.74) is 1.41. The van der Waals surface area contributed by atoms with Crippen molar-refractivity contribution in [3.63, 3.8) is 0 Å². The van der Waals surface area contributed by atoms with Crippen molar-refractivity contribution in [1.29, 1.82) is 0 Å². The maximum Gasteiger partial charge on any atom is 0.344 e. The van der Waals surface area contributed by atoms with Gasteiger partial charge in [-0.25, -0.2) is 9.78 Å². The van der Waals surface area contributed by atoms with Crippen molar-refractivity contribution in [2.75, 3.05) is 0 Å². The highest BCUT2D eigenvalue weighted by Crippen LogP contribution is 2.26. The van der Waals surface area contributed by atoms with Gasteiger partial charge in [0.1, 0.15) is 5.58 Å². The third-order valence-corrected chi connectivity index (χ3v) is 5.02.